The summed E-state index contributed by atoms with van der Waals surface area (Å²) in [7, 11) is 0. The molecule has 0 fully saturated rings. The zero-order valence-electron chi connectivity index (χ0n) is 10.8. The van der Waals surface area contributed by atoms with E-state index in [1.165, 1.54) is 5.56 Å². The normalized spacial score (nSPS) is 13.0. The molecule has 1 aliphatic heterocycles. The molecule has 0 saturated heterocycles. The number of pyridine rings is 1. The van der Waals surface area contributed by atoms with Gasteiger partial charge in [-0.05, 0) is 35.4 Å². The number of benzene rings is 1. The number of rotatable bonds is 2. The van der Waals surface area contributed by atoms with Crippen LogP contribution in [0, 0.1) is 0 Å². The Hall–Kier alpha value is -2.62. The highest BCUT2D eigenvalue weighted by molar-refractivity contribution is 5.79. The van der Waals surface area contributed by atoms with Crippen molar-refractivity contribution in [1.82, 2.24) is 15.2 Å². The van der Waals surface area contributed by atoms with Crippen molar-refractivity contribution < 1.29 is 4.74 Å². The van der Waals surface area contributed by atoms with Crippen molar-refractivity contribution in [1.29, 1.82) is 0 Å². The van der Waals surface area contributed by atoms with Crippen LogP contribution in [0.2, 0.25) is 0 Å². The molecule has 0 amide bonds. The second-order valence-corrected chi connectivity index (χ2v) is 4.78. The summed E-state index contributed by atoms with van der Waals surface area (Å²) in [6, 6.07) is 12.1. The van der Waals surface area contributed by atoms with Crippen molar-refractivity contribution in [2.75, 3.05) is 6.61 Å². The lowest BCUT2D eigenvalue weighted by atomic mass is 10.0. The van der Waals surface area contributed by atoms with Crippen LogP contribution in [-0.2, 0) is 6.42 Å². The van der Waals surface area contributed by atoms with Crippen LogP contribution in [0.1, 0.15) is 5.56 Å². The maximum Gasteiger partial charge on any atom is 0.122 e. The average molecular weight is 263 g/mol. The largest absolute Gasteiger partial charge is 0.493 e. The van der Waals surface area contributed by atoms with E-state index >= 15 is 0 Å². The van der Waals surface area contributed by atoms with Crippen molar-refractivity contribution in [3.8, 4) is 28.3 Å². The summed E-state index contributed by atoms with van der Waals surface area (Å²) in [6.45, 7) is 0.775. The summed E-state index contributed by atoms with van der Waals surface area (Å²) in [5.41, 5.74) is 5.22. The standard InChI is InChI=1S/C16H13N3O/c1-2-7-17-14(3-1)16-13(10-18-19-16)11-4-5-15-12(9-11)6-8-20-15/h1-5,7,9-10H,6,8H2,(H,18,19). The highest BCUT2D eigenvalue weighted by Crippen LogP contribution is 2.33. The first kappa shape index (κ1) is 11.2. The molecule has 0 radical (unpaired) electrons. The van der Waals surface area contributed by atoms with Gasteiger partial charge in [0.05, 0.1) is 12.3 Å². The highest BCUT2D eigenvalue weighted by atomic mass is 16.5. The molecule has 0 aliphatic carbocycles. The first-order chi connectivity index (χ1) is 9.92. The van der Waals surface area contributed by atoms with E-state index in [1.54, 1.807) is 6.20 Å². The molecule has 4 rings (SSSR count). The number of nitrogens with zero attached hydrogens (tertiary/aromatic N) is 2. The van der Waals surface area contributed by atoms with Gasteiger partial charge in [-0.3, -0.25) is 10.1 Å². The molecule has 2 aromatic heterocycles. The number of ether oxygens (including phenoxy) is 1. The first-order valence-corrected chi connectivity index (χ1v) is 6.63. The van der Waals surface area contributed by atoms with Gasteiger partial charge in [0.1, 0.15) is 11.4 Å². The maximum absolute atomic E-state index is 5.55. The van der Waals surface area contributed by atoms with Crippen molar-refractivity contribution >= 4 is 0 Å². The van der Waals surface area contributed by atoms with Gasteiger partial charge < -0.3 is 4.74 Å². The molecule has 3 heterocycles. The topological polar surface area (TPSA) is 50.8 Å². The Kier molecular flexibility index (Phi) is 2.52. The number of H-pyrrole nitrogens is 1. The first-order valence-electron chi connectivity index (χ1n) is 6.63. The monoisotopic (exact) mass is 263 g/mol. The number of hydrogen-bond donors (Lipinski definition) is 1. The molecule has 3 aromatic rings. The molecule has 20 heavy (non-hydrogen) atoms. The average Bonchev–Trinajstić information content (AvgIpc) is 3.16. The summed E-state index contributed by atoms with van der Waals surface area (Å²) in [5, 5.41) is 7.28. The number of aromatic amines is 1. The molecular weight excluding hydrogens is 250 g/mol. The predicted molar refractivity (Wildman–Crippen MR) is 76.5 cm³/mol. The van der Waals surface area contributed by atoms with Gasteiger partial charge in [0.15, 0.2) is 0 Å². The van der Waals surface area contributed by atoms with Gasteiger partial charge in [0, 0.05) is 24.4 Å². The van der Waals surface area contributed by atoms with Gasteiger partial charge in [-0.25, -0.2) is 0 Å². The van der Waals surface area contributed by atoms with Gasteiger partial charge in [-0.2, -0.15) is 5.10 Å². The fraction of sp³-hybridized carbons (Fsp3) is 0.125. The third-order valence-electron chi connectivity index (χ3n) is 3.55. The molecule has 1 aliphatic rings. The van der Waals surface area contributed by atoms with Crippen molar-refractivity contribution in [2.24, 2.45) is 0 Å². The number of hydrogen-bond acceptors (Lipinski definition) is 3. The maximum atomic E-state index is 5.55. The molecule has 0 bridgehead atoms. The fourth-order valence-corrected chi connectivity index (χ4v) is 2.56. The second-order valence-electron chi connectivity index (χ2n) is 4.78. The SMILES string of the molecule is c1ccc(-c2n[nH]cc2-c2ccc3c(c2)CCO3)nc1. The Balaban J connectivity index is 1.82. The Labute approximate surface area is 116 Å². The predicted octanol–water partition coefficient (Wildman–Crippen LogP) is 3.07. The van der Waals surface area contributed by atoms with Crippen LogP contribution in [0.4, 0.5) is 0 Å². The van der Waals surface area contributed by atoms with Crippen molar-refractivity contribution in [2.45, 2.75) is 6.42 Å². The van der Waals surface area contributed by atoms with Crippen LogP contribution < -0.4 is 4.74 Å². The quantitative estimate of drug-likeness (QED) is 0.773. The van der Waals surface area contributed by atoms with Crippen LogP contribution in [0.25, 0.3) is 22.5 Å². The van der Waals surface area contributed by atoms with E-state index < -0.39 is 0 Å². The molecule has 0 spiro atoms. The van der Waals surface area contributed by atoms with Crippen molar-refractivity contribution in [3.05, 3.63) is 54.4 Å². The molecule has 4 heteroatoms. The highest BCUT2D eigenvalue weighted by Gasteiger charge is 2.16. The summed E-state index contributed by atoms with van der Waals surface area (Å²) >= 11 is 0. The second kappa shape index (κ2) is 4.49. The third kappa shape index (κ3) is 1.77. The smallest absolute Gasteiger partial charge is 0.122 e. The van der Waals surface area contributed by atoms with E-state index in [0.29, 0.717) is 0 Å². The lowest BCUT2D eigenvalue weighted by Crippen LogP contribution is -1.86. The number of fused-ring (bicyclic) bond motifs is 1. The lowest BCUT2D eigenvalue weighted by Gasteiger charge is -2.04. The van der Waals surface area contributed by atoms with Gasteiger partial charge in [-0.15, -0.1) is 0 Å². The Morgan fingerprint density at radius 2 is 2.15 bits per heavy atom. The van der Waals surface area contributed by atoms with Gasteiger partial charge in [0.2, 0.25) is 0 Å². The zero-order valence-corrected chi connectivity index (χ0v) is 10.8. The van der Waals surface area contributed by atoms with Gasteiger partial charge >= 0.3 is 0 Å². The van der Waals surface area contributed by atoms with E-state index in [4.69, 9.17) is 4.74 Å². The fourth-order valence-electron chi connectivity index (χ4n) is 2.56. The number of aromatic nitrogens is 3. The molecule has 0 saturated carbocycles. The third-order valence-corrected chi connectivity index (χ3v) is 3.55. The van der Waals surface area contributed by atoms with Crippen LogP contribution in [0.15, 0.2) is 48.8 Å². The Bertz CT molecular complexity index is 749. The van der Waals surface area contributed by atoms with Crippen LogP contribution in [-0.4, -0.2) is 21.8 Å². The minimum atomic E-state index is 0.775. The molecule has 98 valence electrons. The molecular formula is C16H13N3O. The minimum absolute atomic E-state index is 0.775. The molecule has 0 unspecified atom stereocenters. The van der Waals surface area contributed by atoms with E-state index in [-0.39, 0.29) is 0 Å². The Morgan fingerprint density at radius 1 is 1.15 bits per heavy atom. The lowest BCUT2D eigenvalue weighted by molar-refractivity contribution is 0.357. The molecule has 1 N–H and O–H groups in total. The van der Waals surface area contributed by atoms with Crippen LogP contribution in [0.3, 0.4) is 0 Å². The van der Waals surface area contributed by atoms with E-state index in [1.807, 2.05) is 30.5 Å². The van der Waals surface area contributed by atoms with Crippen molar-refractivity contribution in [3.63, 3.8) is 0 Å². The van der Waals surface area contributed by atoms with Gasteiger partial charge in [-0.1, -0.05) is 12.1 Å². The van der Waals surface area contributed by atoms with E-state index in [9.17, 15) is 0 Å². The molecule has 0 atom stereocenters. The van der Waals surface area contributed by atoms with Crippen LogP contribution in [0.5, 0.6) is 5.75 Å². The summed E-state index contributed by atoms with van der Waals surface area (Å²) in [5.74, 6) is 0.997. The van der Waals surface area contributed by atoms with E-state index in [0.717, 1.165) is 41.3 Å². The summed E-state index contributed by atoms with van der Waals surface area (Å²) in [4.78, 5) is 4.37. The van der Waals surface area contributed by atoms with Gasteiger partial charge in [0.25, 0.3) is 0 Å². The Morgan fingerprint density at radius 3 is 3.05 bits per heavy atom. The minimum Gasteiger partial charge on any atom is -0.493 e. The van der Waals surface area contributed by atoms with Crippen LogP contribution >= 0.6 is 0 Å². The zero-order chi connectivity index (χ0) is 13.4. The van der Waals surface area contributed by atoms with E-state index in [2.05, 4.69) is 27.3 Å². The molecule has 4 nitrogen and oxygen atoms in total. The molecule has 1 aromatic carbocycles. The number of nitrogens with one attached hydrogen (secondary N) is 1. The summed E-state index contributed by atoms with van der Waals surface area (Å²) in [6.07, 6.45) is 4.67. The summed E-state index contributed by atoms with van der Waals surface area (Å²) < 4.78 is 5.55.